The second-order valence-corrected chi connectivity index (χ2v) is 4.81. The summed E-state index contributed by atoms with van der Waals surface area (Å²) in [6.45, 7) is 2.41. The van der Waals surface area contributed by atoms with Crippen molar-refractivity contribution >= 4 is 24.0 Å². The van der Waals surface area contributed by atoms with Crippen molar-refractivity contribution in [3.05, 3.63) is 29.8 Å². The molecule has 7 nitrogen and oxygen atoms in total. The van der Waals surface area contributed by atoms with E-state index < -0.39 is 12.1 Å². The third-order valence-corrected chi connectivity index (χ3v) is 3.18. The van der Waals surface area contributed by atoms with E-state index in [0.717, 1.165) is 6.42 Å². The second kappa shape index (κ2) is 9.38. The number of nitrogens with two attached hydrogens (primary N) is 1. The summed E-state index contributed by atoms with van der Waals surface area (Å²) in [5, 5.41) is 7.67. The number of carbonyl (C=O) groups excluding carboxylic acids is 3. The van der Waals surface area contributed by atoms with E-state index in [-0.39, 0.29) is 5.91 Å². The first-order valence-corrected chi connectivity index (χ1v) is 7.19. The van der Waals surface area contributed by atoms with Crippen LogP contribution in [0.2, 0.25) is 0 Å². The van der Waals surface area contributed by atoms with Gasteiger partial charge in [-0.15, -0.1) is 0 Å². The van der Waals surface area contributed by atoms with Gasteiger partial charge in [0.15, 0.2) is 0 Å². The number of urea groups is 1. The molecule has 0 fully saturated rings. The summed E-state index contributed by atoms with van der Waals surface area (Å²) >= 11 is 0. The van der Waals surface area contributed by atoms with E-state index in [9.17, 15) is 14.4 Å². The normalized spacial score (nSPS) is 11.3. The molecule has 0 heterocycles. The predicted molar refractivity (Wildman–Crippen MR) is 84.3 cm³/mol. The molecule has 1 aromatic rings. The minimum Gasteiger partial charge on any atom is -0.352 e. The number of amides is 4. The highest BCUT2D eigenvalue weighted by Crippen LogP contribution is 2.11. The van der Waals surface area contributed by atoms with Crippen LogP contribution < -0.4 is 21.7 Å². The summed E-state index contributed by atoms with van der Waals surface area (Å²) < 4.78 is 0. The van der Waals surface area contributed by atoms with Gasteiger partial charge < -0.3 is 21.7 Å². The zero-order valence-electron chi connectivity index (χ0n) is 12.6. The van der Waals surface area contributed by atoms with Crippen LogP contribution >= 0.6 is 0 Å². The van der Waals surface area contributed by atoms with Crippen molar-refractivity contribution in [1.82, 2.24) is 10.6 Å². The molecule has 120 valence electrons. The highest BCUT2D eigenvalue weighted by molar-refractivity contribution is 5.95. The van der Waals surface area contributed by atoms with E-state index >= 15 is 0 Å². The quantitative estimate of drug-likeness (QED) is 0.399. The molecule has 0 aliphatic heterocycles. The molecule has 1 rings (SSSR count). The van der Waals surface area contributed by atoms with Gasteiger partial charge in [0.2, 0.25) is 12.3 Å². The Balaban J connectivity index is 2.52. The van der Waals surface area contributed by atoms with Crippen LogP contribution in [-0.4, -0.2) is 30.9 Å². The van der Waals surface area contributed by atoms with Gasteiger partial charge in [-0.2, -0.15) is 0 Å². The van der Waals surface area contributed by atoms with E-state index in [1.165, 1.54) is 5.56 Å². The summed E-state index contributed by atoms with van der Waals surface area (Å²) in [5.41, 5.74) is 6.81. The number of rotatable bonds is 9. The van der Waals surface area contributed by atoms with Crippen LogP contribution in [0.4, 0.5) is 10.5 Å². The minimum absolute atomic E-state index is 0.296. The molecule has 0 saturated heterocycles. The Labute approximate surface area is 129 Å². The maximum Gasteiger partial charge on any atom is 0.312 e. The van der Waals surface area contributed by atoms with Crippen molar-refractivity contribution in [3.8, 4) is 0 Å². The number of aryl methyl sites for hydroxylation is 1. The maximum absolute atomic E-state index is 12.1. The fraction of sp³-hybridized carbons (Fsp3) is 0.400. The first-order valence-electron chi connectivity index (χ1n) is 7.19. The van der Waals surface area contributed by atoms with Gasteiger partial charge in [0.1, 0.15) is 6.04 Å². The Bertz CT molecular complexity index is 502. The lowest BCUT2D eigenvalue weighted by Gasteiger charge is -2.16. The Morgan fingerprint density at radius 1 is 1.27 bits per heavy atom. The van der Waals surface area contributed by atoms with Gasteiger partial charge in [0.05, 0.1) is 0 Å². The molecule has 0 bridgehead atoms. The van der Waals surface area contributed by atoms with Crippen molar-refractivity contribution in [3.63, 3.8) is 0 Å². The van der Waals surface area contributed by atoms with Gasteiger partial charge in [0, 0.05) is 12.2 Å². The molecule has 0 saturated carbocycles. The molecule has 0 unspecified atom stereocenters. The van der Waals surface area contributed by atoms with E-state index in [0.29, 0.717) is 31.5 Å². The summed E-state index contributed by atoms with van der Waals surface area (Å²) in [5.74, 6) is -0.296. The lowest BCUT2D eigenvalue weighted by Crippen LogP contribution is -2.40. The van der Waals surface area contributed by atoms with Crippen LogP contribution in [0.5, 0.6) is 0 Å². The molecule has 7 heteroatoms. The van der Waals surface area contributed by atoms with Crippen molar-refractivity contribution in [2.75, 3.05) is 11.9 Å². The first-order chi connectivity index (χ1) is 10.6. The van der Waals surface area contributed by atoms with E-state index in [2.05, 4.69) is 22.9 Å². The average molecular weight is 306 g/mol. The molecule has 1 aromatic carbocycles. The smallest absolute Gasteiger partial charge is 0.312 e. The highest BCUT2D eigenvalue weighted by atomic mass is 16.2. The summed E-state index contributed by atoms with van der Waals surface area (Å²) in [6.07, 6.45) is 2.34. The lowest BCUT2D eigenvalue weighted by molar-refractivity contribution is -0.121. The van der Waals surface area contributed by atoms with Gasteiger partial charge in [-0.1, -0.05) is 19.1 Å². The van der Waals surface area contributed by atoms with E-state index in [1.54, 1.807) is 0 Å². The molecule has 5 N–H and O–H groups in total. The molecular formula is C15H22N4O3. The van der Waals surface area contributed by atoms with Gasteiger partial charge in [-0.25, -0.2) is 4.79 Å². The van der Waals surface area contributed by atoms with Gasteiger partial charge in [-0.3, -0.25) is 9.59 Å². The standard InChI is InChI=1S/C15H22N4O3/c1-2-11-5-7-12(8-6-11)19-14(21)13(18-10-20)4-3-9-17-15(16)22/h5-8,10,13H,2-4,9H2,1H3,(H,18,20)(H,19,21)(H3,16,17,22)/t13-/m0/s1. The van der Waals surface area contributed by atoms with Crippen LogP contribution in [0.25, 0.3) is 0 Å². The number of anilines is 1. The Morgan fingerprint density at radius 3 is 2.50 bits per heavy atom. The average Bonchev–Trinajstić information content (AvgIpc) is 2.50. The van der Waals surface area contributed by atoms with Crippen molar-refractivity contribution in [2.24, 2.45) is 5.73 Å². The van der Waals surface area contributed by atoms with E-state index in [4.69, 9.17) is 5.73 Å². The summed E-state index contributed by atoms with van der Waals surface area (Å²) in [6, 6.07) is 6.26. The number of carbonyl (C=O) groups is 3. The molecule has 0 aliphatic carbocycles. The van der Waals surface area contributed by atoms with Crippen LogP contribution in [-0.2, 0) is 16.0 Å². The Hall–Kier alpha value is -2.57. The topological polar surface area (TPSA) is 113 Å². The van der Waals surface area contributed by atoms with Crippen LogP contribution in [0.1, 0.15) is 25.3 Å². The maximum atomic E-state index is 12.1. The van der Waals surface area contributed by atoms with Crippen molar-refractivity contribution in [2.45, 2.75) is 32.2 Å². The molecule has 0 aliphatic rings. The van der Waals surface area contributed by atoms with Gasteiger partial charge in [-0.05, 0) is 37.0 Å². The fourth-order valence-corrected chi connectivity index (χ4v) is 1.94. The van der Waals surface area contributed by atoms with E-state index in [1.807, 2.05) is 24.3 Å². The van der Waals surface area contributed by atoms with Crippen LogP contribution in [0.3, 0.4) is 0 Å². The molecule has 1 atom stereocenters. The fourth-order valence-electron chi connectivity index (χ4n) is 1.94. The second-order valence-electron chi connectivity index (χ2n) is 4.81. The summed E-state index contributed by atoms with van der Waals surface area (Å²) in [7, 11) is 0. The third-order valence-electron chi connectivity index (χ3n) is 3.18. The highest BCUT2D eigenvalue weighted by Gasteiger charge is 2.17. The summed E-state index contributed by atoms with van der Waals surface area (Å²) in [4.78, 5) is 33.3. The Kier molecular flexibility index (Phi) is 7.45. The number of nitrogens with one attached hydrogen (secondary N) is 3. The van der Waals surface area contributed by atoms with Crippen LogP contribution in [0, 0.1) is 0 Å². The van der Waals surface area contributed by atoms with Gasteiger partial charge in [0.25, 0.3) is 0 Å². The van der Waals surface area contributed by atoms with Crippen molar-refractivity contribution in [1.29, 1.82) is 0 Å². The zero-order valence-corrected chi connectivity index (χ0v) is 12.6. The zero-order chi connectivity index (χ0) is 16.4. The van der Waals surface area contributed by atoms with Crippen molar-refractivity contribution < 1.29 is 14.4 Å². The molecular weight excluding hydrogens is 284 g/mol. The lowest BCUT2D eigenvalue weighted by atomic mass is 10.1. The largest absolute Gasteiger partial charge is 0.352 e. The molecule has 22 heavy (non-hydrogen) atoms. The number of hydrogen-bond acceptors (Lipinski definition) is 3. The molecule has 0 radical (unpaired) electrons. The minimum atomic E-state index is -0.655. The first kappa shape index (κ1) is 17.5. The third kappa shape index (κ3) is 6.25. The number of hydrogen-bond donors (Lipinski definition) is 4. The monoisotopic (exact) mass is 306 g/mol. The Morgan fingerprint density at radius 2 is 1.95 bits per heavy atom. The predicted octanol–water partition coefficient (Wildman–Crippen LogP) is 0.751. The number of primary amides is 1. The molecule has 4 amide bonds. The van der Waals surface area contributed by atoms with Crippen LogP contribution in [0.15, 0.2) is 24.3 Å². The number of benzene rings is 1. The molecule has 0 aromatic heterocycles. The van der Waals surface area contributed by atoms with Gasteiger partial charge >= 0.3 is 6.03 Å². The SMILES string of the molecule is CCc1ccc(NC(=O)[C@H](CCCNC(N)=O)NC=O)cc1. The molecule has 0 spiro atoms.